The number of carboxylic acids is 1. The summed E-state index contributed by atoms with van der Waals surface area (Å²) in [4.78, 5) is 24.6. The Balaban J connectivity index is 1.95. The normalized spacial score (nSPS) is 15.3. The van der Waals surface area contributed by atoms with Gasteiger partial charge in [0.05, 0.1) is 0 Å². The molecule has 1 atom stereocenters. The van der Waals surface area contributed by atoms with Crippen LogP contribution >= 0.6 is 0 Å². The highest BCUT2D eigenvalue weighted by Crippen LogP contribution is 2.26. The van der Waals surface area contributed by atoms with E-state index in [9.17, 15) is 9.59 Å². The number of para-hydroxylation sites is 1. The first-order valence-corrected chi connectivity index (χ1v) is 6.93. The van der Waals surface area contributed by atoms with Gasteiger partial charge in [0.15, 0.2) is 0 Å². The average Bonchev–Trinajstić information content (AvgIpc) is 2.43. The van der Waals surface area contributed by atoms with E-state index < -0.39 is 5.97 Å². The maximum atomic E-state index is 12.2. The molecular weight excluding hydrogens is 256 g/mol. The second-order valence-electron chi connectivity index (χ2n) is 5.27. The van der Waals surface area contributed by atoms with Crippen molar-refractivity contribution in [3.05, 3.63) is 29.8 Å². The van der Waals surface area contributed by atoms with Crippen LogP contribution in [0.4, 0.5) is 10.5 Å². The summed E-state index contributed by atoms with van der Waals surface area (Å²) < 4.78 is 0. The number of fused-ring (bicyclic) bond motifs is 1. The van der Waals surface area contributed by atoms with Crippen LogP contribution < -0.4 is 10.2 Å². The molecule has 108 valence electrons. The highest BCUT2D eigenvalue weighted by Gasteiger charge is 2.22. The van der Waals surface area contributed by atoms with E-state index in [4.69, 9.17) is 5.11 Å². The smallest absolute Gasteiger partial charge is 0.321 e. The first kappa shape index (κ1) is 14.4. The third kappa shape index (κ3) is 3.50. The summed E-state index contributed by atoms with van der Waals surface area (Å²) in [7, 11) is 0. The molecule has 2 N–H and O–H groups in total. The zero-order valence-electron chi connectivity index (χ0n) is 11.6. The van der Waals surface area contributed by atoms with Crippen molar-refractivity contribution in [1.29, 1.82) is 0 Å². The Morgan fingerprint density at radius 2 is 2.15 bits per heavy atom. The summed E-state index contributed by atoms with van der Waals surface area (Å²) in [6.07, 6.45) is 2.02. The summed E-state index contributed by atoms with van der Waals surface area (Å²) in [5.74, 6) is -0.911. The van der Waals surface area contributed by atoms with Gasteiger partial charge < -0.3 is 10.4 Å². The largest absolute Gasteiger partial charge is 0.481 e. The van der Waals surface area contributed by atoms with Crippen LogP contribution in [0, 0.1) is 5.92 Å². The molecule has 1 unspecified atom stereocenters. The predicted octanol–water partition coefficient (Wildman–Crippen LogP) is 2.26. The summed E-state index contributed by atoms with van der Waals surface area (Å²) in [6.45, 7) is 2.90. The Labute approximate surface area is 118 Å². The standard InChI is InChI=1S/C15H20N2O3/c1-11(9-14(18)19)10-16-15(20)17-8-4-6-12-5-2-3-7-13(12)17/h2-3,5,7,11H,4,6,8-10H2,1H3,(H,16,20)(H,18,19). The van der Waals surface area contributed by atoms with Gasteiger partial charge in [-0.2, -0.15) is 0 Å². The lowest BCUT2D eigenvalue weighted by molar-refractivity contribution is -0.137. The van der Waals surface area contributed by atoms with E-state index in [0.717, 1.165) is 18.5 Å². The molecule has 0 spiro atoms. The van der Waals surface area contributed by atoms with E-state index in [0.29, 0.717) is 13.1 Å². The van der Waals surface area contributed by atoms with Gasteiger partial charge in [0.25, 0.3) is 0 Å². The molecule has 2 rings (SSSR count). The SMILES string of the molecule is CC(CNC(=O)N1CCCc2ccccc21)CC(=O)O. The van der Waals surface area contributed by atoms with Gasteiger partial charge in [0, 0.05) is 25.2 Å². The number of amides is 2. The van der Waals surface area contributed by atoms with Crippen LogP contribution in [0.15, 0.2) is 24.3 Å². The molecule has 5 nitrogen and oxygen atoms in total. The van der Waals surface area contributed by atoms with Crippen molar-refractivity contribution in [2.45, 2.75) is 26.2 Å². The fourth-order valence-electron chi connectivity index (χ4n) is 2.47. The van der Waals surface area contributed by atoms with Crippen molar-refractivity contribution in [2.75, 3.05) is 18.0 Å². The van der Waals surface area contributed by atoms with E-state index in [-0.39, 0.29) is 18.4 Å². The fourth-order valence-corrected chi connectivity index (χ4v) is 2.47. The number of hydrogen-bond acceptors (Lipinski definition) is 2. The van der Waals surface area contributed by atoms with Crippen LogP contribution in [-0.4, -0.2) is 30.2 Å². The highest BCUT2D eigenvalue weighted by atomic mass is 16.4. The molecule has 0 aliphatic carbocycles. The molecule has 0 saturated carbocycles. The van der Waals surface area contributed by atoms with Gasteiger partial charge in [-0.25, -0.2) is 4.79 Å². The minimum Gasteiger partial charge on any atom is -0.481 e. The first-order chi connectivity index (χ1) is 9.58. The Kier molecular flexibility index (Phi) is 4.61. The topological polar surface area (TPSA) is 69.6 Å². The first-order valence-electron chi connectivity index (χ1n) is 6.93. The Bertz CT molecular complexity index is 502. The zero-order valence-corrected chi connectivity index (χ0v) is 11.6. The molecule has 1 aliphatic rings. The summed E-state index contributed by atoms with van der Waals surface area (Å²) >= 11 is 0. The monoisotopic (exact) mass is 276 g/mol. The number of rotatable bonds is 4. The molecule has 0 bridgehead atoms. The van der Waals surface area contributed by atoms with Crippen molar-refractivity contribution in [3.63, 3.8) is 0 Å². The number of aliphatic carboxylic acids is 1. The van der Waals surface area contributed by atoms with Gasteiger partial charge in [-0.15, -0.1) is 0 Å². The van der Waals surface area contributed by atoms with Crippen LogP contribution in [0.25, 0.3) is 0 Å². The van der Waals surface area contributed by atoms with Gasteiger partial charge >= 0.3 is 12.0 Å². The summed E-state index contributed by atoms with van der Waals surface area (Å²) in [6, 6.07) is 7.76. The molecular formula is C15H20N2O3. The molecule has 0 aromatic heterocycles. The van der Waals surface area contributed by atoms with E-state index in [2.05, 4.69) is 5.32 Å². The van der Waals surface area contributed by atoms with E-state index >= 15 is 0 Å². The fraction of sp³-hybridized carbons (Fsp3) is 0.467. The maximum Gasteiger partial charge on any atom is 0.321 e. The van der Waals surface area contributed by atoms with Crippen molar-refractivity contribution in [2.24, 2.45) is 5.92 Å². The molecule has 0 fully saturated rings. The number of nitrogens with zero attached hydrogens (tertiary/aromatic N) is 1. The summed E-state index contributed by atoms with van der Waals surface area (Å²) in [5, 5.41) is 11.5. The number of nitrogens with one attached hydrogen (secondary N) is 1. The molecule has 0 saturated heterocycles. The van der Waals surface area contributed by atoms with Gasteiger partial charge in [-0.3, -0.25) is 9.69 Å². The summed E-state index contributed by atoms with van der Waals surface area (Å²) in [5.41, 5.74) is 2.15. The molecule has 1 aromatic rings. The second kappa shape index (κ2) is 6.41. The quantitative estimate of drug-likeness (QED) is 0.886. The lowest BCUT2D eigenvalue weighted by Crippen LogP contribution is -2.44. The van der Waals surface area contributed by atoms with Crippen molar-refractivity contribution >= 4 is 17.7 Å². The molecule has 0 radical (unpaired) electrons. The van der Waals surface area contributed by atoms with Crippen LogP contribution in [0.1, 0.15) is 25.3 Å². The van der Waals surface area contributed by atoms with Crippen molar-refractivity contribution in [1.82, 2.24) is 5.32 Å². The Hall–Kier alpha value is -2.04. The van der Waals surface area contributed by atoms with Crippen molar-refractivity contribution in [3.8, 4) is 0 Å². The molecule has 2 amide bonds. The third-order valence-corrected chi connectivity index (χ3v) is 3.48. The second-order valence-corrected chi connectivity index (χ2v) is 5.27. The van der Waals surface area contributed by atoms with Crippen LogP contribution in [0.3, 0.4) is 0 Å². The minimum atomic E-state index is -0.838. The molecule has 1 aliphatic heterocycles. The Morgan fingerprint density at radius 1 is 1.40 bits per heavy atom. The average molecular weight is 276 g/mol. The molecule has 1 heterocycles. The number of anilines is 1. The number of carbonyl (C=O) groups is 2. The third-order valence-electron chi connectivity index (χ3n) is 3.48. The lowest BCUT2D eigenvalue weighted by atomic mass is 10.0. The Morgan fingerprint density at radius 3 is 2.90 bits per heavy atom. The van der Waals surface area contributed by atoms with Gasteiger partial charge in [0.1, 0.15) is 0 Å². The van der Waals surface area contributed by atoms with E-state index in [1.807, 2.05) is 31.2 Å². The highest BCUT2D eigenvalue weighted by molar-refractivity contribution is 5.93. The van der Waals surface area contributed by atoms with Crippen LogP contribution in [0.5, 0.6) is 0 Å². The van der Waals surface area contributed by atoms with Crippen LogP contribution in [-0.2, 0) is 11.2 Å². The molecule has 20 heavy (non-hydrogen) atoms. The number of urea groups is 1. The van der Waals surface area contributed by atoms with Gasteiger partial charge in [-0.05, 0) is 30.4 Å². The van der Waals surface area contributed by atoms with E-state index in [1.165, 1.54) is 5.56 Å². The van der Waals surface area contributed by atoms with Gasteiger partial charge in [-0.1, -0.05) is 25.1 Å². The number of carbonyl (C=O) groups excluding carboxylic acids is 1. The number of aryl methyl sites for hydroxylation is 1. The molecule has 5 heteroatoms. The molecule has 1 aromatic carbocycles. The van der Waals surface area contributed by atoms with Crippen LogP contribution in [0.2, 0.25) is 0 Å². The maximum absolute atomic E-state index is 12.2. The number of hydrogen-bond donors (Lipinski definition) is 2. The van der Waals surface area contributed by atoms with E-state index in [1.54, 1.807) is 4.90 Å². The zero-order chi connectivity index (χ0) is 14.5. The van der Waals surface area contributed by atoms with Gasteiger partial charge in [0.2, 0.25) is 0 Å². The number of carboxylic acid groups (broad SMARTS) is 1. The number of benzene rings is 1. The van der Waals surface area contributed by atoms with Crippen molar-refractivity contribution < 1.29 is 14.7 Å². The minimum absolute atomic E-state index is 0.0663. The lowest BCUT2D eigenvalue weighted by Gasteiger charge is -2.29. The predicted molar refractivity (Wildman–Crippen MR) is 76.9 cm³/mol.